The molecule has 1 amide bonds. The summed E-state index contributed by atoms with van der Waals surface area (Å²) in [6.07, 6.45) is 3.27. The summed E-state index contributed by atoms with van der Waals surface area (Å²) in [5, 5.41) is 2.84. The molecule has 0 aromatic carbocycles. The molecule has 0 saturated carbocycles. The van der Waals surface area contributed by atoms with Gasteiger partial charge in [-0.1, -0.05) is 6.08 Å². The fourth-order valence-corrected chi connectivity index (χ4v) is 0.366. The molecule has 56 valence electrons. The number of nitrogens with one attached hydrogen (secondary N) is 1. The molecule has 0 rings (SSSR count). The first-order valence-corrected chi connectivity index (χ1v) is 2.99. The lowest BCUT2D eigenvalue weighted by Crippen LogP contribution is -2.15. The van der Waals surface area contributed by atoms with Gasteiger partial charge in [0.25, 0.3) is 0 Å². The fraction of sp³-hybridized carbons (Fsp3) is 0.286. The summed E-state index contributed by atoms with van der Waals surface area (Å²) >= 11 is 0. The molecule has 3 N–H and O–H groups in total. The van der Waals surface area contributed by atoms with E-state index in [2.05, 4.69) is 11.9 Å². The highest BCUT2D eigenvalue weighted by Gasteiger charge is 1.93. The van der Waals surface area contributed by atoms with E-state index in [-0.39, 0.29) is 0 Å². The number of primary amides is 1. The molecule has 10 heavy (non-hydrogen) atoms. The number of amides is 1. The van der Waals surface area contributed by atoms with E-state index < -0.39 is 5.91 Å². The van der Waals surface area contributed by atoms with Crippen LogP contribution in [0.4, 0.5) is 0 Å². The summed E-state index contributed by atoms with van der Waals surface area (Å²) in [5.74, 6) is -0.406. The Morgan fingerprint density at radius 3 is 2.80 bits per heavy atom. The first kappa shape index (κ1) is 8.75. The van der Waals surface area contributed by atoms with E-state index in [1.165, 1.54) is 0 Å². The Labute approximate surface area is 60.6 Å². The van der Waals surface area contributed by atoms with E-state index in [1.807, 2.05) is 0 Å². The second-order valence-electron chi connectivity index (χ2n) is 1.89. The van der Waals surface area contributed by atoms with E-state index in [0.717, 1.165) is 0 Å². The van der Waals surface area contributed by atoms with Gasteiger partial charge in [0, 0.05) is 18.3 Å². The van der Waals surface area contributed by atoms with Crippen molar-refractivity contribution < 1.29 is 4.79 Å². The zero-order valence-corrected chi connectivity index (χ0v) is 6.05. The third kappa shape index (κ3) is 3.72. The SMILES string of the molecule is C=CCN/C=C(\C)C(N)=O. The predicted octanol–water partition coefficient (Wildman–Crippen LogP) is 0.151. The number of hydrogen-bond acceptors (Lipinski definition) is 2. The molecule has 0 atom stereocenters. The Hall–Kier alpha value is -1.25. The van der Waals surface area contributed by atoms with Crippen LogP contribution < -0.4 is 11.1 Å². The lowest BCUT2D eigenvalue weighted by Gasteiger charge is -1.95. The van der Waals surface area contributed by atoms with Crippen molar-refractivity contribution >= 4 is 5.91 Å². The number of hydrogen-bond donors (Lipinski definition) is 2. The lowest BCUT2D eigenvalue weighted by molar-refractivity contribution is -0.114. The van der Waals surface area contributed by atoms with Gasteiger partial charge in [0.1, 0.15) is 0 Å². The zero-order valence-electron chi connectivity index (χ0n) is 6.05. The Bertz CT molecular complexity index is 161. The molecule has 0 spiro atoms. The van der Waals surface area contributed by atoms with Crippen molar-refractivity contribution in [2.45, 2.75) is 6.92 Å². The first-order valence-electron chi connectivity index (χ1n) is 2.99. The number of carbonyl (C=O) groups excluding carboxylic acids is 1. The Morgan fingerprint density at radius 2 is 2.40 bits per heavy atom. The predicted molar refractivity (Wildman–Crippen MR) is 41.2 cm³/mol. The van der Waals surface area contributed by atoms with Crippen LogP contribution in [-0.2, 0) is 4.79 Å². The number of nitrogens with two attached hydrogens (primary N) is 1. The van der Waals surface area contributed by atoms with Crippen LogP contribution in [0.2, 0.25) is 0 Å². The zero-order chi connectivity index (χ0) is 7.98. The molecular formula is C7H12N2O. The van der Waals surface area contributed by atoms with Gasteiger partial charge in [-0.25, -0.2) is 0 Å². The van der Waals surface area contributed by atoms with Crippen molar-refractivity contribution in [2.24, 2.45) is 5.73 Å². The summed E-state index contributed by atoms with van der Waals surface area (Å²) in [7, 11) is 0. The van der Waals surface area contributed by atoms with Gasteiger partial charge in [-0.2, -0.15) is 0 Å². The number of carbonyl (C=O) groups is 1. The molecular weight excluding hydrogens is 128 g/mol. The van der Waals surface area contributed by atoms with Crippen LogP contribution in [0.15, 0.2) is 24.4 Å². The highest BCUT2D eigenvalue weighted by Crippen LogP contribution is 1.85. The molecule has 3 heteroatoms. The highest BCUT2D eigenvalue weighted by molar-refractivity contribution is 5.91. The molecule has 0 aromatic rings. The molecule has 0 radical (unpaired) electrons. The second-order valence-corrected chi connectivity index (χ2v) is 1.89. The molecule has 0 aromatic heterocycles. The van der Waals surface area contributed by atoms with E-state index >= 15 is 0 Å². The van der Waals surface area contributed by atoms with Crippen LogP contribution in [0, 0.1) is 0 Å². The van der Waals surface area contributed by atoms with Crippen molar-refractivity contribution in [2.75, 3.05) is 6.54 Å². The average molecular weight is 140 g/mol. The standard InChI is InChI=1S/C7H12N2O/c1-3-4-9-5-6(2)7(8)10/h3,5,9H,1,4H2,2H3,(H2,8,10)/b6-5+. The molecule has 0 unspecified atom stereocenters. The smallest absolute Gasteiger partial charge is 0.245 e. The molecule has 0 aliphatic carbocycles. The van der Waals surface area contributed by atoms with Gasteiger partial charge in [0.15, 0.2) is 0 Å². The van der Waals surface area contributed by atoms with Crippen molar-refractivity contribution in [1.82, 2.24) is 5.32 Å². The first-order chi connectivity index (χ1) is 4.68. The highest BCUT2D eigenvalue weighted by atomic mass is 16.1. The molecule has 0 aliphatic heterocycles. The van der Waals surface area contributed by atoms with Crippen LogP contribution in [0.5, 0.6) is 0 Å². The Kier molecular flexibility index (Phi) is 4.04. The van der Waals surface area contributed by atoms with Gasteiger partial charge in [-0.15, -0.1) is 6.58 Å². The van der Waals surface area contributed by atoms with Gasteiger partial charge < -0.3 is 11.1 Å². The second kappa shape index (κ2) is 4.61. The Morgan fingerprint density at radius 1 is 1.80 bits per heavy atom. The summed E-state index contributed by atoms with van der Waals surface area (Å²) in [4.78, 5) is 10.4. The van der Waals surface area contributed by atoms with Crippen LogP contribution in [-0.4, -0.2) is 12.5 Å². The van der Waals surface area contributed by atoms with E-state index in [0.29, 0.717) is 12.1 Å². The van der Waals surface area contributed by atoms with Gasteiger partial charge >= 0.3 is 0 Å². The maximum atomic E-state index is 10.4. The minimum atomic E-state index is -0.406. The largest absolute Gasteiger partial charge is 0.387 e. The minimum absolute atomic E-state index is 0.406. The van der Waals surface area contributed by atoms with Crippen LogP contribution in [0.25, 0.3) is 0 Å². The molecule has 3 nitrogen and oxygen atoms in total. The van der Waals surface area contributed by atoms with Gasteiger partial charge in [-0.3, -0.25) is 4.79 Å². The Balaban J connectivity index is 3.68. The van der Waals surface area contributed by atoms with E-state index in [9.17, 15) is 4.79 Å². The quantitative estimate of drug-likeness (QED) is 0.332. The monoisotopic (exact) mass is 140 g/mol. The van der Waals surface area contributed by atoms with Gasteiger partial charge in [-0.05, 0) is 6.92 Å². The van der Waals surface area contributed by atoms with Crippen molar-refractivity contribution in [3.63, 3.8) is 0 Å². The molecule has 0 fully saturated rings. The van der Waals surface area contributed by atoms with Crippen LogP contribution in [0.1, 0.15) is 6.92 Å². The van der Waals surface area contributed by atoms with Crippen LogP contribution in [0.3, 0.4) is 0 Å². The fourth-order valence-electron chi connectivity index (χ4n) is 0.366. The van der Waals surface area contributed by atoms with Crippen LogP contribution >= 0.6 is 0 Å². The summed E-state index contributed by atoms with van der Waals surface area (Å²) in [6.45, 7) is 5.79. The molecule has 0 heterocycles. The molecule has 0 aliphatic rings. The third-order valence-corrected chi connectivity index (χ3v) is 0.969. The van der Waals surface area contributed by atoms with Crippen molar-refractivity contribution in [3.05, 3.63) is 24.4 Å². The maximum Gasteiger partial charge on any atom is 0.245 e. The summed E-state index contributed by atoms with van der Waals surface area (Å²) in [6, 6.07) is 0. The van der Waals surface area contributed by atoms with Crippen molar-refractivity contribution in [3.8, 4) is 0 Å². The summed E-state index contributed by atoms with van der Waals surface area (Å²) < 4.78 is 0. The van der Waals surface area contributed by atoms with E-state index in [1.54, 1.807) is 19.2 Å². The van der Waals surface area contributed by atoms with E-state index in [4.69, 9.17) is 5.73 Å². The average Bonchev–Trinajstić information content (AvgIpc) is 1.88. The lowest BCUT2D eigenvalue weighted by atomic mass is 10.3. The summed E-state index contributed by atoms with van der Waals surface area (Å²) in [5.41, 5.74) is 5.46. The molecule has 0 bridgehead atoms. The van der Waals surface area contributed by atoms with Gasteiger partial charge in [0.05, 0.1) is 0 Å². The topological polar surface area (TPSA) is 55.1 Å². The molecule has 0 saturated heterocycles. The van der Waals surface area contributed by atoms with Crippen molar-refractivity contribution in [1.29, 1.82) is 0 Å². The normalized spacial score (nSPS) is 10.7. The number of rotatable bonds is 4. The maximum absolute atomic E-state index is 10.4. The van der Waals surface area contributed by atoms with Gasteiger partial charge in [0.2, 0.25) is 5.91 Å². The minimum Gasteiger partial charge on any atom is -0.387 e. The third-order valence-electron chi connectivity index (χ3n) is 0.969.